The Balaban J connectivity index is -0.000000109. The zero-order valence-corrected chi connectivity index (χ0v) is 7.84. The fraction of sp³-hybridized carbons (Fsp3) is 0.273. The van der Waals surface area contributed by atoms with Crippen molar-refractivity contribution in [2.24, 2.45) is 0 Å². The van der Waals surface area contributed by atoms with Crippen LogP contribution in [0.25, 0.3) is 0 Å². The maximum Gasteiger partial charge on any atom is -0.0172 e. The summed E-state index contributed by atoms with van der Waals surface area (Å²) in [6.45, 7) is 16.8. The van der Waals surface area contributed by atoms with Crippen LogP contribution < -0.4 is 0 Å². The molecule has 0 bridgehead atoms. The Morgan fingerprint density at radius 3 is 1.55 bits per heavy atom. The Bertz CT molecular complexity index is 88.2. The fourth-order valence-corrected chi connectivity index (χ4v) is 0.232. The summed E-state index contributed by atoms with van der Waals surface area (Å²) >= 11 is 0. The Morgan fingerprint density at radius 2 is 1.45 bits per heavy atom. The summed E-state index contributed by atoms with van der Waals surface area (Å²) in [5, 5.41) is 0. The predicted octanol–water partition coefficient (Wildman–Crippen LogP) is 4.13. The lowest BCUT2D eigenvalue weighted by atomic mass is 10.4. The average molecular weight is 152 g/mol. The molecule has 0 rings (SSSR count). The van der Waals surface area contributed by atoms with Gasteiger partial charge in [0.2, 0.25) is 0 Å². The van der Waals surface area contributed by atoms with Crippen LogP contribution in [0, 0.1) is 0 Å². The van der Waals surface area contributed by atoms with Crippen LogP contribution >= 0.6 is 0 Å². The van der Waals surface area contributed by atoms with Gasteiger partial charge in [0.1, 0.15) is 0 Å². The molecule has 0 N–H and O–H groups in total. The number of allylic oxidation sites excluding steroid dienone is 4. The summed E-state index contributed by atoms with van der Waals surface area (Å²) in [6.07, 6.45) is 8.70. The lowest BCUT2D eigenvalue weighted by Crippen LogP contribution is -1.48. The van der Waals surface area contributed by atoms with Crippen LogP contribution in [0.4, 0.5) is 0 Å². The van der Waals surface area contributed by atoms with Crippen molar-refractivity contribution in [2.45, 2.75) is 20.3 Å². The Morgan fingerprint density at radius 1 is 1.09 bits per heavy atom. The molecule has 0 saturated heterocycles. The Hall–Kier alpha value is -1.04. The molecule has 0 aliphatic heterocycles. The Kier molecular flexibility index (Phi) is 54.3. The van der Waals surface area contributed by atoms with E-state index in [-0.39, 0.29) is 0 Å². The predicted molar refractivity (Wildman–Crippen MR) is 56.8 cm³/mol. The molecule has 64 valence electrons. The van der Waals surface area contributed by atoms with Gasteiger partial charge >= 0.3 is 0 Å². The van der Waals surface area contributed by atoms with E-state index in [0.717, 1.165) is 6.42 Å². The minimum absolute atomic E-state index is 0.997. The van der Waals surface area contributed by atoms with E-state index in [1.165, 1.54) is 0 Å². The first-order valence-corrected chi connectivity index (χ1v) is 3.62. The van der Waals surface area contributed by atoms with Crippen LogP contribution in [0.3, 0.4) is 0 Å². The van der Waals surface area contributed by atoms with Crippen LogP contribution in [-0.4, -0.2) is 0 Å². The van der Waals surface area contributed by atoms with E-state index in [9.17, 15) is 0 Å². The maximum absolute atomic E-state index is 3.55. The van der Waals surface area contributed by atoms with Gasteiger partial charge in [-0.1, -0.05) is 24.3 Å². The molecular formula is C11H20. The summed E-state index contributed by atoms with van der Waals surface area (Å²) in [5.74, 6) is 0. The van der Waals surface area contributed by atoms with Crippen LogP contribution in [0.1, 0.15) is 20.3 Å². The van der Waals surface area contributed by atoms with Crippen molar-refractivity contribution in [1.82, 2.24) is 0 Å². The molecule has 0 saturated carbocycles. The molecular weight excluding hydrogens is 132 g/mol. The molecule has 0 heterocycles. The summed E-state index contributed by atoms with van der Waals surface area (Å²) < 4.78 is 0. The van der Waals surface area contributed by atoms with Crippen molar-refractivity contribution in [3.8, 4) is 0 Å². The SMILES string of the molecule is C=C.C=CC.C=CC/C=C/C. The van der Waals surface area contributed by atoms with Gasteiger partial charge in [-0.2, -0.15) is 0 Å². The summed E-state index contributed by atoms with van der Waals surface area (Å²) in [6, 6.07) is 0. The molecule has 0 aromatic rings. The third-order valence-corrected chi connectivity index (χ3v) is 0.538. The molecule has 0 atom stereocenters. The maximum atomic E-state index is 3.55. The molecule has 0 spiro atoms. The lowest BCUT2D eigenvalue weighted by Gasteiger charge is -1.69. The second kappa shape index (κ2) is 36.2. The minimum atomic E-state index is 0.997. The van der Waals surface area contributed by atoms with E-state index < -0.39 is 0 Å². The van der Waals surface area contributed by atoms with E-state index in [2.05, 4.69) is 32.4 Å². The molecule has 0 aliphatic carbocycles. The van der Waals surface area contributed by atoms with Gasteiger partial charge in [0.25, 0.3) is 0 Å². The number of rotatable bonds is 2. The average Bonchev–Trinajstić information content (AvgIpc) is 2.06. The lowest BCUT2D eigenvalue weighted by molar-refractivity contribution is 1.39. The first kappa shape index (κ1) is 16.5. The van der Waals surface area contributed by atoms with Crippen LogP contribution in [0.5, 0.6) is 0 Å². The zero-order valence-electron chi connectivity index (χ0n) is 7.84. The van der Waals surface area contributed by atoms with Gasteiger partial charge in [0.15, 0.2) is 0 Å². The standard InChI is InChI=1S/C6H10.C3H6.C2H4/c1-3-5-6-4-2;1-3-2;1-2/h3-4,6H,1,5H2,2H3;3H,1H2,2H3;1-2H2/b6-4+;;. The quantitative estimate of drug-likeness (QED) is 0.522. The van der Waals surface area contributed by atoms with Gasteiger partial charge < -0.3 is 0 Å². The topological polar surface area (TPSA) is 0 Å². The van der Waals surface area contributed by atoms with Crippen molar-refractivity contribution < 1.29 is 0 Å². The number of hydrogen-bond donors (Lipinski definition) is 0. The van der Waals surface area contributed by atoms with E-state index in [1.807, 2.05) is 26.0 Å². The molecule has 0 nitrogen and oxygen atoms in total. The third kappa shape index (κ3) is 113. The van der Waals surface area contributed by atoms with Crippen molar-refractivity contribution in [1.29, 1.82) is 0 Å². The van der Waals surface area contributed by atoms with Gasteiger partial charge in [-0.05, 0) is 20.3 Å². The molecule has 0 aromatic heterocycles. The van der Waals surface area contributed by atoms with Crippen LogP contribution in [-0.2, 0) is 0 Å². The van der Waals surface area contributed by atoms with Crippen molar-refractivity contribution in [3.63, 3.8) is 0 Å². The number of hydrogen-bond acceptors (Lipinski definition) is 0. The molecule has 0 fully saturated rings. The van der Waals surface area contributed by atoms with E-state index in [0.29, 0.717) is 0 Å². The largest absolute Gasteiger partial charge is 0.106 e. The monoisotopic (exact) mass is 152 g/mol. The normalized spacial score (nSPS) is 6.73. The molecule has 0 radical (unpaired) electrons. The second-order valence-electron chi connectivity index (χ2n) is 1.50. The van der Waals surface area contributed by atoms with Gasteiger partial charge in [-0.25, -0.2) is 0 Å². The van der Waals surface area contributed by atoms with Crippen molar-refractivity contribution >= 4 is 0 Å². The highest BCUT2D eigenvalue weighted by Gasteiger charge is 1.57. The van der Waals surface area contributed by atoms with Gasteiger partial charge in [-0.15, -0.1) is 26.3 Å². The summed E-state index contributed by atoms with van der Waals surface area (Å²) in [4.78, 5) is 0. The molecule has 0 aromatic carbocycles. The summed E-state index contributed by atoms with van der Waals surface area (Å²) in [7, 11) is 0. The van der Waals surface area contributed by atoms with Crippen LogP contribution in [0.2, 0.25) is 0 Å². The molecule has 0 heteroatoms. The highest BCUT2D eigenvalue weighted by molar-refractivity contribution is 4.85. The first-order chi connectivity index (χ1) is 5.33. The fourth-order valence-electron chi connectivity index (χ4n) is 0.232. The molecule has 0 aliphatic rings. The van der Waals surface area contributed by atoms with Crippen molar-refractivity contribution in [3.05, 3.63) is 50.6 Å². The molecule has 0 unspecified atom stereocenters. The van der Waals surface area contributed by atoms with Gasteiger partial charge in [0, 0.05) is 0 Å². The zero-order chi connectivity index (χ0) is 9.54. The third-order valence-electron chi connectivity index (χ3n) is 0.538. The Labute approximate surface area is 71.6 Å². The van der Waals surface area contributed by atoms with Crippen LogP contribution in [0.15, 0.2) is 50.6 Å². The summed E-state index contributed by atoms with van der Waals surface area (Å²) in [5.41, 5.74) is 0. The molecule has 0 amide bonds. The highest BCUT2D eigenvalue weighted by Crippen LogP contribution is 1.78. The first-order valence-electron chi connectivity index (χ1n) is 3.62. The van der Waals surface area contributed by atoms with E-state index in [1.54, 1.807) is 6.08 Å². The van der Waals surface area contributed by atoms with Crippen molar-refractivity contribution in [2.75, 3.05) is 0 Å². The highest BCUT2D eigenvalue weighted by atomic mass is 13.6. The van der Waals surface area contributed by atoms with E-state index >= 15 is 0 Å². The second-order valence-corrected chi connectivity index (χ2v) is 1.50. The molecule has 11 heavy (non-hydrogen) atoms. The van der Waals surface area contributed by atoms with Gasteiger partial charge in [0.05, 0.1) is 0 Å². The minimum Gasteiger partial charge on any atom is -0.106 e. The smallest absolute Gasteiger partial charge is 0.0172 e. The van der Waals surface area contributed by atoms with E-state index in [4.69, 9.17) is 0 Å². The van der Waals surface area contributed by atoms with Gasteiger partial charge in [-0.3, -0.25) is 0 Å².